The second-order valence-electron chi connectivity index (χ2n) is 4.99. The normalized spacial score (nSPS) is 27.8. The molecule has 0 spiro atoms. The van der Waals surface area contributed by atoms with Crippen molar-refractivity contribution < 1.29 is 0 Å². The number of nitrogens with two attached hydrogens (primary N) is 1. The average Bonchev–Trinajstić information content (AvgIpc) is 2.22. The SMILES string of the molecule is C=CCC(CC1CC(N)C1)/C(C)=C\C=C/C. The van der Waals surface area contributed by atoms with Gasteiger partial charge in [0.15, 0.2) is 0 Å². The van der Waals surface area contributed by atoms with Crippen molar-refractivity contribution in [2.24, 2.45) is 17.6 Å². The molecule has 1 nitrogen and oxygen atoms in total. The predicted octanol–water partition coefficient (Wildman–Crippen LogP) is 3.83. The van der Waals surface area contributed by atoms with Crippen molar-refractivity contribution in [2.45, 2.75) is 45.6 Å². The smallest absolute Gasteiger partial charge is 0.00441 e. The number of hydrogen-bond donors (Lipinski definition) is 1. The van der Waals surface area contributed by atoms with Gasteiger partial charge in [-0.2, -0.15) is 0 Å². The van der Waals surface area contributed by atoms with Crippen LogP contribution in [-0.2, 0) is 0 Å². The number of allylic oxidation sites excluding steroid dienone is 5. The third-order valence-corrected chi connectivity index (χ3v) is 3.54. The number of rotatable bonds is 6. The van der Waals surface area contributed by atoms with Gasteiger partial charge in [-0.05, 0) is 51.4 Å². The Morgan fingerprint density at radius 3 is 2.69 bits per heavy atom. The second-order valence-corrected chi connectivity index (χ2v) is 4.99. The zero-order valence-electron chi connectivity index (χ0n) is 10.7. The topological polar surface area (TPSA) is 26.0 Å². The lowest BCUT2D eigenvalue weighted by Crippen LogP contribution is -2.37. The molecule has 1 atom stereocenters. The molecule has 0 saturated heterocycles. The van der Waals surface area contributed by atoms with Crippen LogP contribution in [0.25, 0.3) is 0 Å². The van der Waals surface area contributed by atoms with E-state index in [1.54, 1.807) is 0 Å². The average molecular weight is 219 g/mol. The van der Waals surface area contributed by atoms with Gasteiger partial charge < -0.3 is 5.73 Å². The molecular weight excluding hydrogens is 194 g/mol. The maximum Gasteiger partial charge on any atom is 0.00441 e. The van der Waals surface area contributed by atoms with Crippen molar-refractivity contribution in [3.63, 3.8) is 0 Å². The van der Waals surface area contributed by atoms with Crippen LogP contribution in [0.3, 0.4) is 0 Å². The summed E-state index contributed by atoms with van der Waals surface area (Å²) in [4.78, 5) is 0. The van der Waals surface area contributed by atoms with E-state index in [4.69, 9.17) is 5.73 Å². The van der Waals surface area contributed by atoms with Gasteiger partial charge in [-0.1, -0.05) is 29.9 Å². The quantitative estimate of drug-likeness (QED) is 0.533. The lowest BCUT2D eigenvalue weighted by molar-refractivity contribution is 0.225. The van der Waals surface area contributed by atoms with Gasteiger partial charge >= 0.3 is 0 Å². The molecule has 0 aliphatic heterocycles. The van der Waals surface area contributed by atoms with Crippen LogP contribution in [0.5, 0.6) is 0 Å². The molecule has 0 bridgehead atoms. The first kappa shape index (κ1) is 13.2. The molecule has 90 valence electrons. The van der Waals surface area contributed by atoms with E-state index in [1.165, 1.54) is 24.8 Å². The Morgan fingerprint density at radius 1 is 1.50 bits per heavy atom. The predicted molar refractivity (Wildman–Crippen MR) is 72.2 cm³/mol. The summed E-state index contributed by atoms with van der Waals surface area (Å²) in [7, 11) is 0. The van der Waals surface area contributed by atoms with Crippen molar-refractivity contribution in [3.8, 4) is 0 Å². The first-order chi connectivity index (χ1) is 7.67. The molecule has 1 saturated carbocycles. The number of hydrogen-bond acceptors (Lipinski definition) is 1. The van der Waals surface area contributed by atoms with Crippen molar-refractivity contribution in [2.75, 3.05) is 0 Å². The molecule has 0 aromatic carbocycles. The van der Waals surface area contributed by atoms with E-state index in [0.29, 0.717) is 12.0 Å². The van der Waals surface area contributed by atoms with Crippen molar-refractivity contribution in [1.29, 1.82) is 0 Å². The second kappa shape index (κ2) is 6.70. The van der Waals surface area contributed by atoms with E-state index in [-0.39, 0.29) is 0 Å². The molecule has 0 aromatic heterocycles. The van der Waals surface area contributed by atoms with Gasteiger partial charge in [-0.15, -0.1) is 6.58 Å². The van der Waals surface area contributed by atoms with Crippen LogP contribution in [0.2, 0.25) is 0 Å². The molecule has 2 N–H and O–H groups in total. The zero-order chi connectivity index (χ0) is 12.0. The van der Waals surface area contributed by atoms with Crippen LogP contribution >= 0.6 is 0 Å². The Kier molecular flexibility index (Phi) is 5.54. The Hall–Kier alpha value is -0.820. The van der Waals surface area contributed by atoms with Crippen LogP contribution in [0.15, 0.2) is 36.5 Å². The minimum Gasteiger partial charge on any atom is -0.328 e. The van der Waals surface area contributed by atoms with Gasteiger partial charge in [0.05, 0.1) is 0 Å². The van der Waals surface area contributed by atoms with E-state index in [9.17, 15) is 0 Å². The highest BCUT2D eigenvalue weighted by Gasteiger charge is 2.28. The summed E-state index contributed by atoms with van der Waals surface area (Å²) < 4.78 is 0. The molecule has 1 unspecified atom stereocenters. The Bertz CT molecular complexity index is 269. The molecule has 0 radical (unpaired) electrons. The molecule has 0 aromatic rings. The summed E-state index contributed by atoms with van der Waals surface area (Å²) in [6.07, 6.45) is 13.3. The molecule has 0 amide bonds. The Labute approximate surface area is 100 Å². The highest BCUT2D eigenvalue weighted by molar-refractivity contribution is 5.14. The molecule has 1 aliphatic rings. The summed E-state index contributed by atoms with van der Waals surface area (Å²) in [6.45, 7) is 8.14. The summed E-state index contributed by atoms with van der Waals surface area (Å²) in [6, 6.07) is 0.467. The third kappa shape index (κ3) is 3.97. The van der Waals surface area contributed by atoms with Gasteiger partial charge in [0.1, 0.15) is 0 Å². The van der Waals surface area contributed by atoms with Crippen molar-refractivity contribution >= 4 is 0 Å². The van der Waals surface area contributed by atoms with E-state index in [2.05, 4.69) is 38.7 Å². The summed E-state index contributed by atoms with van der Waals surface area (Å²) >= 11 is 0. The lowest BCUT2D eigenvalue weighted by Gasteiger charge is -2.35. The van der Waals surface area contributed by atoms with Gasteiger partial charge in [0.25, 0.3) is 0 Å². The van der Waals surface area contributed by atoms with E-state index in [0.717, 1.165) is 12.3 Å². The highest BCUT2D eigenvalue weighted by atomic mass is 14.7. The van der Waals surface area contributed by atoms with Gasteiger partial charge in [0, 0.05) is 6.04 Å². The Balaban J connectivity index is 2.49. The fourth-order valence-corrected chi connectivity index (χ4v) is 2.44. The molecule has 1 heteroatoms. The monoisotopic (exact) mass is 219 g/mol. The molecular formula is C15H25N. The standard InChI is InChI=1S/C15H25N/c1-4-6-8-12(3)14(7-5-2)9-13-10-15(16)11-13/h4-6,8,13-15H,2,7,9-11,16H2,1,3H3/b6-4-,12-8-. The van der Waals surface area contributed by atoms with Gasteiger partial charge in [-0.3, -0.25) is 0 Å². The summed E-state index contributed by atoms with van der Waals surface area (Å²) in [5.74, 6) is 1.50. The van der Waals surface area contributed by atoms with Gasteiger partial charge in [0.2, 0.25) is 0 Å². The summed E-state index contributed by atoms with van der Waals surface area (Å²) in [5.41, 5.74) is 7.30. The fraction of sp³-hybridized carbons (Fsp3) is 0.600. The van der Waals surface area contributed by atoms with E-state index < -0.39 is 0 Å². The lowest BCUT2D eigenvalue weighted by atomic mass is 9.73. The third-order valence-electron chi connectivity index (χ3n) is 3.54. The molecule has 16 heavy (non-hydrogen) atoms. The maximum absolute atomic E-state index is 5.83. The highest BCUT2D eigenvalue weighted by Crippen LogP contribution is 2.35. The molecule has 1 rings (SSSR count). The van der Waals surface area contributed by atoms with Crippen LogP contribution in [0.1, 0.15) is 39.5 Å². The minimum atomic E-state index is 0.467. The molecule has 1 fully saturated rings. The van der Waals surface area contributed by atoms with Crippen LogP contribution in [0, 0.1) is 11.8 Å². The largest absolute Gasteiger partial charge is 0.328 e. The zero-order valence-corrected chi connectivity index (χ0v) is 10.7. The van der Waals surface area contributed by atoms with Crippen molar-refractivity contribution in [3.05, 3.63) is 36.5 Å². The van der Waals surface area contributed by atoms with Crippen LogP contribution < -0.4 is 5.73 Å². The fourth-order valence-electron chi connectivity index (χ4n) is 2.44. The minimum absolute atomic E-state index is 0.467. The first-order valence-electron chi connectivity index (χ1n) is 6.33. The van der Waals surface area contributed by atoms with E-state index >= 15 is 0 Å². The first-order valence-corrected chi connectivity index (χ1v) is 6.33. The molecule has 1 aliphatic carbocycles. The van der Waals surface area contributed by atoms with Crippen LogP contribution in [0.4, 0.5) is 0 Å². The van der Waals surface area contributed by atoms with Gasteiger partial charge in [-0.25, -0.2) is 0 Å². The molecule has 0 heterocycles. The summed E-state index contributed by atoms with van der Waals surface area (Å²) in [5, 5.41) is 0. The maximum atomic E-state index is 5.83. The van der Waals surface area contributed by atoms with Crippen LogP contribution in [-0.4, -0.2) is 6.04 Å². The van der Waals surface area contributed by atoms with E-state index in [1.807, 2.05) is 6.08 Å². The Morgan fingerprint density at radius 2 is 2.19 bits per heavy atom. The van der Waals surface area contributed by atoms with Crippen molar-refractivity contribution in [1.82, 2.24) is 0 Å².